The molecule has 1 aromatic heterocycles. The summed E-state index contributed by atoms with van der Waals surface area (Å²) in [7, 11) is 3.37. The van der Waals surface area contributed by atoms with Gasteiger partial charge in [-0.05, 0) is 30.7 Å². The topological polar surface area (TPSA) is 82.3 Å². The number of rotatable bonds is 9. The molecule has 11 heteroatoms. The predicted molar refractivity (Wildman–Crippen MR) is 134 cm³/mol. The molecule has 0 bridgehead atoms. The summed E-state index contributed by atoms with van der Waals surface area (Å²) in [6.07, 6.45) is 3.08. The van der Waals surface area contributed by atoms with Crippen molar-refractivity contribution in [2.75, 3.05) is 45.2 Å². The van der Waals surface area contributed by atoms with Crippen LogP contribution in [-0.4, -0.2) is 69.7 Å². The molecule has 0 spiro atoms. The summed E-state index contributed by atoms with van der Waals surface area (Å²) >= 11 is 0. The number of para-hydroxylation sites is 2. The predicted octanol–water partition coefficient (Wildman–Crippen LogP) is 2.94. The average molecular weight is 577 g/mol. The second-order valence-electron chi connectivity index (χ2n) is 7.63. The standard InChI is InChI=1S/C22H29F2N5O3.HI/c1-28(2)20(30)14-26-22(25-11-9-17-6-5-13-31-17)27-16-10-12-29(15-16)18-7-3-4-8-19(18)32-21(23)24;/h3-8,13,16,21H,9-12,14-15H2,1-2H3,(H2,25,26,27);1H. The Morgan fingerprint density at radius 1 is 1.30 bits per heavy atom. The van der Waals surface area contributed by atoms with Gasteiger partial charge in [0.1, 0.15) is 18.1 Å². The van der Waals surface area contributed by atoms with Crippen LogP contribution in [0.1, 0.15) is 12.2 Å². The number of aliphatic imine (C=N–C) groups is 1. The lowest BCUT2D eigenvalue weighted by Crippen LogP contribution is -2.45. The summed E-state index contributed by atoms with van der Waals surface area (Å²) in [5.74, 6) is 1.42. The highest BCUT2D eigenvalue weighted by Crippen LogP contribution is 2.31. The van der Waals surface area contributed by atoms with Gasteiger partial charge in [-0.15, -0.1) is 24.0 Å². The first kappa shape index (κ1) is 26.7. The van der Waals surface area contributed by atoms with Crippen LogP contribution in [0.3, 0.4) is 0 Å². The van der Waals surface area contributed by atoms with Crippen LogP contribution >= 0.6 is 24.0 Å². The Balaban J connectivity index is 0.00000385. The van der Waals surface area contributed by atoms with Gasteiger partial charge in [-0.1, -0.05) is 12.1 Å². The van der Waals surface area contributed by atoms with Crippen LogP contribution in [0.5, 0.6) is 5.75 Å². The van der Waals surface area contributed by atoms with Crippen molar-refractivity contribution >= 4 is 41.5 Å². The van der Waals surface area contributed by atoms with Crippen molar-refractivity contribution in [2.45, 2.75) is 25.5 Å². The molecule has 0 saturated carbocycles. The molecule has 1 unspecified atom stereocenters. The molecule has 182 valence electrons. The first-order valence-electron chi connectivity index (χ1n) is 10.5. The van der Waals surface area contributed by atoms with Crippen LogP contribution in [-0.2, 0) is 11.2 Å². The maximum absolute atomic E-state index is 12.7. The average Bonchev–Trinajstić information content (AvgIpc) is 3.44. The number of nitrogens with one attached hydrogen (secondary N) is 2. The highest BCUT2D eigenvalue weighted by molar-refractivity contribution is 14.0. The summed E-state index contributed by atoms with van der Waals surface area (Å²) in [5, 5.41) is 6.59. The number of likely N-dealkylation sites (N-methyl/N-ethyl adjacent to an activating group) is 1. The van der Waals surface area contributed by atoms with E-state index in [1.165, 1.54) is 11.0 Å². The normalized spacial score (nSPS) is 15.8. The van der Waals surface area contributed by atoms with Gasteiger partial charge in [0.2, 0.25) is 5.91 Å². The first-order chi connectivity index (χ1) is 15.4. The maximum Gasteiger partial charge on any atom is 0.387 e. The number of furan rings is 1. The van der Waals surface area contributed by atoms with Crippen molar-refractivity contribution in [1.82, 2.24) is 15.5 Å². The van der Waals surface area contributed by atoms with Gasteiger partial charge in [-0.3, -0.25) is 4.79 Å². The lowest BCUT2D eigenvalue weighted by molar-refractivity contribution is -0.127. The fraction of sp³-hybridized carbons (Fsp3) is 0.455. The number of hydrogen-bond donors (Lipinski definition) is 2. The SMILES string of the molecule is CN(C)C(=O)CN=C(NCCc1ccco1)NC1CCN(c2ccccc2OC(F)F)C1.I. The quantitative estimate of drug-likeness (QED) is 0.271. The van der Waals surface area contributed by atoms with E-state index in [2.05, 4.69) is 20.4 Å². The van der Waals surface area contributed by atoms with E-state index in [-0.39, 0.29) is 48.2 Å². The molecule has 8 nitrogen and oxygen atoms in total. The number of halogens is 3. The second-order valence-corrected chi connectivity index (χ2v) is 7.63. The van der Waals surface area contributed by atoms with Gasteiger partial charge in [0, 0.05) is 46.2 Å². The minimum Gasteiger partial charge on any atom is -0.469 e. The van der Waals surface area contributed by atoms with Gasteiger partial charge in [-0.25, -0.2) is 4.99 Å². The summed E-state index contributed by atoms with van der Waals surface area (Å²) in [5.41, 5.74) is 0.629. The van der Waals surface area contributed by atoms with E-state index in [0.717, 1.165) is 12.2 Å². The molecule has 1 aromatic carbocycles. The molecule has 3 rings (SSSR count). The number of carbonyl (C=O) groups is 1. The Morgan fingerprint density at radius 2 is 2.09 bits per heavy atom. The Morgan fingerprint density at radius 3 is 2.79 bits per heavy atom. The number of ether oxygens (including phenoxy) is 1. The van der Waals surface area contributed by atoms with Crippen molar-refractivity contribution in [3.8, 4) is 5.75 Å². The van der Waals surface area contributed by atoms with Crippen molar-refractivity contribution in [3.05, 3.63) is 48.4 Å². The number of amides is 1. The van der Waals surface area contributed by atoms with Crippen molar-refractivity contribution < 1.29 is 22.7 Å². The molecule has 1 fully saturated rings. The summed E-state index contributed by atoms with van der Waals surface area (Å²) in [6, 6.07) is 10.5. The highest BCUT2D eigenvalue weighted by Gasteiger charge is 2.26. The number of anilines is 1. The van der Waals surface area contributed by atoms with Crippen LogP contribution in [0.25, 0.3) is 0 Å². The molecule has 1 aliphatic rings. The molecule has 1 atom stereocenters. The molecule has 0 radical (unpaired) electrons. The molecule has 2 heterocycles. The number of carbonyl (C=O) groups excluding carboxylic acids is 1. The first-order valence-corrected chi connectivity index (χ1v) is 10.5. The lowest BCUT2D eigenvalue weighted by Gasteiger charge is -2.22. The van der Waals surface area contributed by atoms with E-state index in [9.17, 15) is 13.6 Å². The number of alkyl halides is 2. The van der Waals surface area contributed by atoms with Gasteiger partial charge >= 0.3 is 6.61 Å². The third kappa shape index (κ3) is 8.37. The summed E-state index contributed by atoms with van der Waals surface area (Å²) < 4.78 is 35.5. The van der Waals surface area contributed by atoms with Crippen LogP contribution in [0.15, 0.2) is 52.1 Å². The van der Waals surface area contributed by atoms with E-state index < -0.39 is 6.61 Å². The number of guanidine groups is 1. The third-order valence-electron chi connectivity index (χ3n) is 5.07. The zero-order valence-electron chi connectivity index (χ0n) is 18.7. The Labute approximate surface area is 209 Å². The third-order valence-corrected chi connectivity index (χ3v) is 5.07. The van der Waals surface area contributed by atoms with Crippen LogP contribution in [0, 0.1) is 0 Å². The van der Waals surface area contributed by atoms with Gasteiger partial charge < -0.3 is 29.6 Å². The Hall–Kier alpha value is -2.57. The zero-order valence-corrected chi connectivity index (χ0v) is 21.0. The van der Waals surface area contributed by atoms with Crippen LogP contribution < -0.4 is 20.3 Å². The molecule has 1 aliphatic heterocycles. The molecular weight excluding hydrogens is 547 g/mol. The molecule has 1 amide bonds. The number of hydrogen-bond acceptors (Lipinski definition) is 5. The molecular formula is C22H30F2IN5O3. The fourth-order valence-electron chi connectivity index (χ4n) is 3.40. The summed E-state index contributed by atoms with van der Waals surface area (Å²) in [6.45, 7) is -1.01. The van der Waals surface area contributed by atoms with Crippen molar-refractivity contribution in [3.63, 3.8) is 0 Å². The zero-order chi connectivity index (χ0) is 22.9. The lowest BCUT2D eigenvalue weighted by atomic mass is 10.2. The van der Waals surface area contributed by atoms with E-state index in [1.807, 2.05) is 17.0 Å². The van der Waals surface area contributed by atoms with Crippen LogP contribution in [0.4, 0.5) is 14.5 Å². The molecule has 33 heavy (non-hydrogen) atoms. The van der Waals surface area contributed by atoms with E-state index >= 15 is 0 Å². The largest absolute Gasteiger partial charge is 0.469 e. The highest BCUT2D eigenvalue weighted by atomic mass is 127. The van der Waals surface area contributed by atoms with E-state index in [4.69, 9.17) is 4.42 Å². The second kappa shape index (κ2) is 13.2. The van der Waals surface area contributed by atoms with E-state index in [0.29, 0.717) is 37.7 Å². The Bertz CT molecular complexity index is 896. The van der Waals surface area contributed by atoms with Crippen molar-refractivity contribution in [2.24, 2.45) is 4.99 Å². The summed E-state index contributed by atoms with van der Waals surface area (Å²) in [4.78, 5) is 19.9. The van der Waals surface area contributed by atoms with E-state index in [1.54, 1.807) is 38.6 Å². The molecule has 0 aliphatic carbocycles. The van der Waals surface area contributed by atoms with Gasteiger partial charge in [0.15, 0.2) is 5.96 Å². The van der Waals surface area contributed by atoms with Gasteiger partial charge in [0.25, 0.3) is 0 Å². The monoisotopic (exact) mass is 577 g/mol. The Kier molecular flexibility index (Phi) is 10.7. The number of nitrogens with zero attached hydrogens (tertiary/aromatic N) is 3. The smallest absolute Gasteiger partial charge is 0.387 e. The molecule has 2 aromatic rings. The fourth-order valence-corrected chi connectivity index (χ4v) is 3.40. The minimum absolute atomic E-state index is 0. The maximum atomic E-state index is 12.7. The van der Waals surface area contributed by atoms with Crippen LogP contribution in [0.2, 0.25) is 0 Å². The number of benzene rings is 1. The van der Waals surface area contributed by atoms with Crippen molar-refractivity contribution in [1.29, 1.82) is 0 Å². The van der Waals surface area contributed by atoms with Gasteiger partial charge in [0.05, 0.1) is 12.0 Å². The van der Waals surface area contributed by atoms with Gasteiger partial charge in [-0.2, -0.15) is 8.78 Å². The molecule has 2 N–H and O–H groups in total. The minimum atomic E-state index is -2.88. The molecule has 1 saturated heterocycles.